The lowest BCUT2D eigenvalue weighted by Crippen LogP contribution is -2.24. The van der Waals surface area contributed by atoms with E-state index in [9.17, 15) is 4.79 Å². The Kier molecular flexibility index (Phi) is 6.32. The minimum atomic E-state index is -0.0453. The third-order valence-electron chi connectivity index (χ3n) is 1.97. The van der Waals surface area contributed by atoms with E-state index in [4.69, 9.17) is 11.6 Å². The van der Waals surface area contributed by atoms with Crippen LogP contribution in [0.2, 0.25) is 0 Å². The van der Waals surface area contributed by atoms with Crippen molar-refractivity contribution in [3.63, 3.8) is 0 Å². The molecule has 6 heteroatoms. The average Bonchev–Trinajstić information content (AvgIpc) is 2.52. The van der Waals surface area contributed by atoms with Gasteiger partial charge in [-0.25, -0.2) is 0 Å². The molecular weight excluding hydrogens is 377 g/mol. The van der Waals surface area contributed by atoms with Crippen molar-refractivity contribution in [2.45, 2.75) is 25.1 Å². The largest absolute Gasteiger partial charge is 0.352 e. The number of carbonyl (C=O) groups excluding carboxylic acids is 1. The van der Waals surface area contributed by atoms with Gasteiger partial charge in [-0.05, 0) is 57.7 Å². The van der Waals surface area contributed by atoms with Gasteiger partial charge in [0.15, 0.2) is 0 Å². The zero-order valence-corrected chi connectivity index (χ0v) is 13.5. The molecule has 0 aromatic carbocycles. The number of hydrogen-bond donors (Lipinski definition) is 1. The number of hydrogen-bond acceptors (Lipinski definition) is 2. The van der Waals surface area contributed by atoms with Gasteiger partial charge < -0.3 is 5.32 Å². The van der Waals surface area contributed by atoms with E-state index in [1.54, 1.807) is 0 Å². The monoisotopic (exact) mass is 387 g/mol. The van der Waals surface area contributed by atoms with Crippen molar-refractivity contribution < 1.29 is 4.79 Å². The summed E-state index contributed by atoms with van der Waals surface area (Å²) in [7, 11) is 0. The Hall–Kier alpha value is 0.420. The van der Waals surface area contributed by atoms with Gasteiger partial charge in [0.1, 0.15) is 0 Å². The van der Waals surface area contributed by atoms with Gasteiger partial charge in [0.05, 0.1) is 13.1 Å². The molecule has 0 aliphatic rings. The second kappa shape index (κ2) is 6.99. The minimum absolute atomic E-state index is 0.0453. The molecule has 0 saturated carbocycles. The van der Waals surface area contributed by atoms with Crippen molar-refractivity contribution in [1.29, 1.82) is 0 Å². The zero-order chi connectivity index (χ0) is 12.1. The van der Waals surface area contributed by atoms with Gasteiger partial charge >= 0.3 is 0 Å². The third-order valence-corrected chi connectivity index (χ3v) is 4.52. The summed E-state index contributed by atoms with van der Waals surface area (Å²) in [5.41, 5.74) is 0.677. The molecule has 90 valence electrons. The summed E-state index contributed by atoms with van der Waals surface area (Å²) in [4.78, 5) is 11.7. The van der Waals surface area contributed by atoms with Gasteiger partial charge in [0.2, 0.25) is 0 Å². The van der Waals surface area contributed by atoms with Crippen molar-refractivity contribution >= 4 is 60.7 Å². The van der Waals surface area contributed by atoms with Crippen molar-refractivity contribution in [1.82, 2.24) is 5.32 Å². The number of alkyl halides is 1. The van der Waals surface area contributed by atoms with E-state index in [0.717, 1.165) is 20.4 Å². The first-order chi connectivity index (χ1) is 7.50. The topological polar surface area (TPSA) is 29.1 Å². The Labute approximate surface area is 121 Å². The molecule has 1 unspecified atom stereocenters. The fourth-order valence-electron chi connectivity index (χ4n) is 1.18. The molecule has 1 heterocycles. The quantitative estimate of drug-likeness (QED) is 0.587. The van der Waals surface area contributed by atoms with E-state index in [-0.39, 0.29) is 11.3 Å². The van der Waals surface area contributed by atoms with Crippen LogP contribution in [0.4, 0.5) is 0 Å². The maximum Gasteiger partial charge on any atom is 0.253 e. The Morgan fingerprint density at radius 1 is 1.62 bits per heavy atom. The summed E-state index contributed by atoms with van der Waals surface area (Å²) >= 11 is 14.0. The lowest BCUT2D eigenvalue weighted by atomic mass is 10.2. The van der Waals surface area contributed by atoms with Crippen molar-refractivity contribution in [2.24, 2.45) is 0 Å². The zero-order valence-electron chi connectivity index (χ0n) is 8.73. The summed E-state index contributed by atoms with van der Waals surface area (Å²) in [5.74, 6) is -0.0453. The summed E-state index contributed by atoms with van der Waals surface area (Å²) in [6, 6.07) is 1.81. The third kappa shape index (κ3) is 4.73. The van der Waals surface area contributed by atoms with Crippen LogP contribution in [0.5, 0.6) is 0 Å². The molecule has 2 nitrogen and oxygen atoms in total. The van der Waals surface area contributed by atoms with Gasteiger partial charge in [0.25, 0.3) is 5.91 Å². The highest BCUT2D eigenvalue weighted by molar-refractivity contribution is 9.12. The molecule has 1 aromatic rings. The van der Waals surface area contributed by atoms with E-state index in [2.05, 4.69) is 37.2 Å². The fraction of sp³-hybridized carbons (Fsp3) is 0.500. The van der Waals surface area contributed by atoms with E-state index in [0.29, 0.717) is 12.1 Å². The smallest absolute Gasteiger partial charge is 0.253 e. The number of amides is 1. The molecule has 0 aliphatic heterocycles. The average molecular weight is 390 g/mol. The maximum absolute atomic E-state index is 11.7. The van der Waals surface area contributed by atoms with E-state index in [1.807, 2.05) is 13.0 Å². The van der Waals surface area contributed by atoms with Gasteiger partial charge in [-0.15, -0.1) is 22.9 Å². The second-order valence-corrected chi connectivity index (χ2v) is 7.91. The molecule has 1 N–H and O–H groups in total. The molecule has 0 aliphatic carbocycles. The van der Waals surface area contributed by atoms with E-state index in [1.165, 1.54) is 11.3 Å². The summed E-state index contributed by atoms with van der Waals surface area (Å²) in [6.07, 6.45) is 1.82. The first-order valence-electron chi connectivity index (χ1n) is 4.88. The molecule has 1 rings (SSSR count). The first kappa shape index (κ1) is 14.5. The maximum atomic E-state index is 11.7. The fourth-order valence-corrected chi connectivity index (χ4v) is 4.12. The number of rotatable bonds is 5. The lowest BCUT2D eigenvalue weighted by Gasteiger charge is -2.05. The molecule has 16 heavy (non-hydrogen) atoms. The molecule has 1 aromatic heterocycles. The Balaban J connectivity index is 2.38. The standard InChI is InChI=1S/C10H12Br2ClNOS/c1-6(13)3-2-4-14-10(15)7-5-8(11)16-9(7)12/h5-6H,2-4H2,1H3,(H,14,15). The van der Waals surface area contributed by atoms with Gasteiger partial charge in [-0.2, -0.15) is 0 Å². The van der Waals surface area contributed by atoms with Crippen LogP contribution in [0, 0.1) is 0 Å². The number of nitrogens with one attached hydrogen (secondary N) is 1. The van der Waals surface area contributed by atoms with Crippen LogP contribution in [-0.2, 0) is 0 Å². The molecule has 0 bridgehead atoms. The van der Waals surface area contributed by atoms with E-state index < -0.39 is 0 Å². The predicted octanol–water partition coefficient (Wildman–Crippen LogP) is 4.41. The molecule has 0 spiro atoms. The van der Waals surface area contributed by atoms with E-state index >= 15 is 0 Å². The summed E-state index contributed by atoms with van der Waals surface area (Å²) in [6.45, 7) is 2.62. The molecule has 1 amide bonds. The summed E-state index contributed by atoms with van der Waals surface area (Å²) < 4.78 is 1.79. The highest BCUT2D eigenvalue weighted by Gasteiger charge is 2.12. The molecule has 0 fully saturated rings. The lowest BCUT2D eigenvalue weighted by molar-refractivity contribution is 0.0952. The first-order valence-corrected chi connectivity index (χ1v) is 7.71. The van der Waals surface area contributed by atoms with Crippen molar-refractivity contribution in [3.8, 4) is 0 Å². The highest BCUT2D eigenvalue weighted by Crippen LogP contribution is 2.31. The van der Waals surface area contributed by atoms with Crippen LogP contribution in [0.1, 0.15) is 30.1 Å². The molecule has 0 radical (unpaired) electrons. The van der Waals surface area contributed by atoms with Crippen LogP contribution >= 0.6 is 54.8 Å². The SMILES string of the molecule is CC(Cl)CCCNC(=O)c1cc(Br)sc1Br. The normalized spacial score (nSPS) is 12.5. The minimum Gasteiger partial charge on any atom is -0.352 e. The highest BCUT2D eigenvalue weighted by atomic mass is 79.9. The van der Waals surface area contributed by atoms with Crippen LogP contribution in [0.25, 0.3) is 0 Å². The van der Waals surface area contributed by atoms with Crippen LogP contribution in [0.3, 0.4) is 0 Å². The van der Waals surface area contributed by atoms with Crippen LogP contribution in [0.15, 0.2) is 13.6 Å². The van der Waals surface area contributed by atoms with Gasteiger partial charge in [-0.3, -0.25) is 4.79 Å². The van der Waals surface area contributed by atoms with Crippen molar-refractivity contribution in [3.05, 3.63) is 19.2 Å². The molecule has 0 saturated heterocycles. The number of halogens is 3. The Morgan fingerprint density at radius 3 is 2.81 bits per heavy atom. The Bertz CT molecular complexity index is 368. The van der Waals surface area contributed by atoms with Crippen molar-refractivity contribution in [2.75, 3.05) is 6.54 Å². The summed E-state index contributed by atoms with van der Waals surface area (Å²) in [5, 5.41) is 3.03. The molecule has 1 atom stereocenters. The van der Waals surface area contributed by atoms with Crippen LogP contribution < -0.4 is 5.32 Å². The van der Waals surface area contributed by atoms with Crippen LogP contribution in [-0.4, -0.2) is 17.8 Å². The predicted molar refractivity (Wildman–Crippen MR) is 76.6 cm³/mol. The Morgan fingerprint density at radius 2 is 2.31 bits per heavy atom. The number of carbonyl (C=O) groups is 1. The van der Waals surface area contributed by atoms with Gasteiger partial charge in [-0.1, -0.05) is 0 Å². The van der Waals surface area contributed by atoms with Gasteiger partial charge in [0, 0.05) is 11.9 Å². The second-order valence-electron chi connectivity index (χ2n) is 3.42. The molecular formula is C10H12Br2ClNOS. The number of thiophene rings is 1.